The monoisotopic (exact) mass is 258 g/mol. The molecule has 100 valence electrons. The van der Waals surface area contributed by atoms with Gasteiger partial charge >= 0.3 is 0 Å². The van der Waals surface area contributed by atoms with Crippen LogP contribution in [0.5, 0.6) is 5.75 Å². The number of hydrogen-bond donors (Lipinski definition) is 1. The molecule has 0 saturated heterocycles. The van der Waals surface area contributed by atoms with E-state index >= 15 is 0 Å². The van der Waals surface area contributed by atoms with Gasteiger partial charge in [0.05, 0.1) is 7.11 Å². The molecule has 0 unspecified atom stereocenters. The molecule has 0 aliphatic heterocycles. The molecule has 0 fully saturated rings. The average Bonchev–Trinajstić information content (AvgIpc) is 2.45. The van der Waals surface area contributed by atoms with Crippen LogP contribution in [-0.2, 0) is 13.1 Å². The summed E-state index contributed by atoms with van der Waals surface area (Å²) in [5.74, 6) is 0.860. The van der Waals surface area contributed by atoms with Crippen molar-refractivity contribution in [2.45, 2.75) is 13.1 Å². The fraction of sp³-hybridized carbons (Fsp3) is 0.267. The molecule has 19 heavy (non-hydrogen) atoms. The first-order valence-electron chi connectivity index (χ1n) is 6.29. The van der Waals surface area contributed by atoms with Crippen LogP contribution in [0, 0.1) is 0 Å². The van der Waals surface area contributed by atoms with Crippen molar-refractivity contribution in [1.82, 2.24) is 9.88 Å². The Labute approximate surface area is 112 Å². The highest BCUT2D eigenvalue weighted by Crippen LogP contribution is 2.11. The first-order chi connectivity index (χ1) is 9.29. The Balaban J connectivity index is 1.81. The van der Waals surface area contributed by atoms with Crippen molar-refractivity contribution >= 4 is 0 Å². The zero-order valence-corrected chi connectivity index (χ0v) is 11.0. The molecule has 0 aliphatic carbocycles. The van der Waals surface area contributed by atoms with E-state index in [1.54, 1.807) is 30.0 Å². The van der Waals surface area contributed by atoms with Crippen LogP contribution < -0.4 is 15.6 Å². The van der Waals surface area contributed by atoms with Crippen LogP contribution in [-0.4, -0.2) is 18.2 Å². The van der Waals surface area contributed by atoms with E-state index in [1.807, 2.05) is 30.3 Å². The number of methoxy groups -OCH3 is 1. The molecule has 1 heterocycles. The summed E-state index contributed by atoms with van der Waals surface area (Å²) in [6, 6.07) is 13.1. The summed E-state index contributed by atoms with van der Waals surface area (Å²) in [5.41, 5.74) is 1.20. The number of ether oxygens (including phenoxy) is 1. The van der Waals surface area contributed by atoms with Gasteiger partial charge in [-0.05, 0) is 23.8 Å². The Bertz CT molecular complexity index is 578. The second kappa shape index (κ2) is 6.75. The molecule has 1 aromatic carbocycles. The van der Waals surface area contributed by atoms with E-state index in [4.69, 9.17) is 4.74 Å². The van der Waals surface area contributed by atoms with Gasteiger partial charge in [0.25, 0.3) is 5.56 Å². The largest absolute Gasteiger partial charge is 0.497 e. The molecule has 1 N–H and O–H groups in total. The quantitative estimate of drug-likeness (QED) is 0.801. The Hall–Kier alpha value is -2.07. The number of hydrogen-bond acceptors (Lipinski definition) is 3. The Morgan fingerprint density at radius 2 is 2.11 bits per heavy atom. The zero-order valence-electron chi connectivity index (χ0n) is 11.0. The lowest BCUT2D eigenvalue weighted by Gasteiger charge is -2.08. The molecule has 4 nitrogen and oxygen atoms in total. The molecule has 2 aromatic rings. The maximum Gasteiger partial charge on any atom is 0.250 e. The lowest BCUT2D eigenvalue weighted by atomic mass is 10.2. The topological polar surface area (TPSA) is 43.3 Å². The van der Waals surface area contributed by atoms with E-state index in [0.29, 0.717) is 6.54 Å². The second-order valence-corrected chi connectivity index (χ2v) is 4.26. The summed E-state index contributed by atoms with van der Waals surface area (Å²) in [5, 5.41) is 3.31. The SMILES string of the molecule is COc1cccc(CNCCn2ccccc2=O)c1. The second-order valence-electron chi connectivity index (χ2n) is 4.26. The first-order valence-corrected chi connectivity index (χ1v) is 6.29. The van der Waals surface area contributed by atoms with Crippen molar-refractivity contribution in [1.29, 1.82) is 0 Å². The molecular weight excluding hydrogens is 240 g/mol. The summed E-state index contributed by atoms with van der Waals surface area (Å²) in [7, 11) is 1.66. The summed E-state index contributed by atoms with van der Waals surface area (Å²) >= 11 is 0. The smallest absolute Gasteiger partial charge is 0.250 e. The molecule has 0 spiro atoms. The first kappa shape index (κ1) is 13.4. The summed E-state index contributed by atoms with van der Waals surface area (Å²) in [6.45, 7) is 2.18. The molecule has 0 amide bonds. The van der Waals surface area contributed by atoms with Gasteiger partial charge in [0, 0.05) is 31.9 Å². The third-order valence-corrected chi connectivity index (χ3v) is 2.89. The Morgan fingerprint density at radius 3 is 2.89 bits per heavy atom. The average molecular weight is 258 g/mol. The van der Waals surface area contributed by atoms with Gasteiger partial charge < -0.3 is 14.6 Å². The zero-order chi connectivity index (χ0) is 13.5. The maximum absolute atomic E-state index is 11.5. The lowest BCUT2D eigenvalue weighted by Crippen LogP contribution is -2.25. The molecule has 2 rings (SSSR count). The van der Waals surface area contributed by atoms with E-state index in [-0.39, 0.29) is 5.56 Å². The van der Waals surface area contributed by atoms with E-state index in [2.05, 4.69) is 5.32 Å². The van der Waals surface area contributed by atoms with Crippen molar-refractivity contribution in [2.75, 3.05) is 13.7 Å². The van der Waals surface area contributed by atoms with Gasteiger partial charge in [-0.2, -0.15) is 0 Å². The van der Waals surface area contributed by atoms with Crippen molar-refractivity contribution < 1.29 is 4.74 Å². The van der Waals surface area contributed by atoms with E-state index in [9.17, 15) is 4.79 Å². The van der Waals surface area contributed by atoms with Crippen LogP contribution in [0.2, 0.25) is 0 Å². The molecule has 0 aliphatic rings. The standard InChI is InChI=1S/C15H18N2O2/c1-19-14-6-4-5-13(11-14)12-16-8-10-17-9-3-2-7-15(17)18/h2-7,9,11,16H,8,10,12H2,1H3. The number of nitrogens with one attached hydrogen (secondary N) is 1. The molecule has 1 aromatic heterocycles. The van der Waals surface area contributed by atoms with Crippen LogP contribution in [0.4, 0.5) is 0 Å². The third-order valence-electron chi connectivity index (χ3n) is 2.89. The Morgan fingerprint density at radius 1 is 1.21 bits per heavy atom. The van der Waals surface area contributed by atoms with Crippen molar-refractivity contribution in [2.24, 2.45) is 0 Å². The highest BCUT2D eigenvalue weighted by Gasteiger charge is 1.96. The minimum Gasteiger partial charge on any atom is -0.497 e. The van der Waals surface area contributed by atoms with Gasteiger partial charge in [0.15, 0.2) is 0 Å². The highest BCUT2D eigenvalue weighted by atomic mass is 16.5. The molecular formula is C15H18N2O2. The fourth-order valence-electron chi connectivity index (χ4n) is 1.86. The van der Waals surface area contributed by atoms with Crippen molar-refractivity contribution in [3.05, 3.63) is 64.6 Å². The molecule has 0 saturated carbocycles. The van der Waals surface area contributed by atoms with E-state index in [0.717, 1.165) is 18.8 Å². The number of pyridine rings is 1. The molecule has 0 atom stereocenters. The summed E-state index contributed by atoms with van der Waals surface area (Å²) in [4.78, 5) is 11.5. The van der Waals surface area contributed by atoms with Gasteiger partial charge in [0.1, 0.15) is 5.75 Å². The van der Waals surface area contributed by atoms with Crippen LogP contribution in [0.15, 0.2) is 53.5 Å². The molecule has 0 bridgehead atoms. The minimum atomic E-state index is 0.0330. The minimum absolute atomic E-state index is 0.0330. The highest BCUT2D eigenvalue weighted by molar-refractivity contribution is 5.28. The van der Waals surface area contributed by atoms with Gasteiger partial charge in [-0.25, -0.2) is 0 Å². The number of benzene rings is 1. The van der Waals surface area contributed by atoms with Crippen molar-refractivity contribution in [3.8, 4) is 5.75 Å². The van der Waals surface area contributed by atoms with Crippen LogP contribution in [0.3, 0.4) is 0 Å². The Kier molecular flexibility index (Phi) is 4.75. The normalized spacial score (nSPS) is 10.4. The maximum atomic E-state index is 11.5. The predicted molar refractivity (Wildman–Crippen MR) is 75.4 cm³/mol. The molecule has 0 radical (unpaired) electrons. The summed E-state index contributed by atoms with van der Waals surface area (Å²) in [6.07, 6.45) is 1.80. The van der Waals surface area contributed by atoms with Crippen LogP contribution in [0.25, 0.3) is 0 Å². The summed E-state index contributed by atoms with van der Waals surface area (Å²) < 4.78 is 6.87. The van der Waals surface area contributed by atoms with Gasteiger partial charge in [-0.15, -0.1) is 0 Å². The van der Waals surface area contributed by atoms with E-state index in [1.165, 1.54) is 5.56 Å². The molecule has 4 heteroatoms. The third kappa shape index (κ3) is 3.96. The predicted octanol–water partition coefficient (Wildman–Crippen LogP) is 1.65. The van der Waals surface area contributed by atoms with Gasteiger partial charge in [0.2, 0.25) is 0 Å². The van der Waals surface area contributed by atoms with Crippen molar-refractivity contribution in [3.63, 3.8) is 0 Å². The van der Waals surface area contributed by atoms with Gasteiger partial charge in [-0.3, -0.25) is 4.79 Å². The number of aromatic nitrogens is 1. The van der Waals surface area contributed by atoms with Gasteiger partial charge in [-0.1, -0.05) is 18.2 Å². The number of rotatable bonds is 6. The van der Waals surface area contributed by atoms with Crippen LogP contribution >= 0.6 is 0 Å². The van der Waals surface area contributed by atoms with Crippen LogP contribution in [0.1, 0.15) is 5.56 Å². The lowest BCUT2D eigenvalue weighted by molar-refractivity contribution is 0.414. The number of nitrogens with zero attached hydrogens (tertiary/aromatic N) is 1. The fourth-order valence-corrected chi connectivity index (χ4v) is 1.86. The van der Waals surface area contributed by atoms with E-state index < -0.39 is 0 Å².